The highest BCUT2D eigenvalue weighted by Crippen LogP contribution is 2.27. The molecule has 4 rings (SSSR count). The molecule has 0 saturated carbocycles. The highest BCUT2D eigenvalue weighted by Gasteiger charge is 2.29. The fourth-order valence-corrected chi connectivity index (χ4v) is 3.65. The van der Waals surface area contributed by atoms with Gasteiger partial charge in [-0.3, -0.25) is 9.48 Å². The summed E-state index contributed by atoms with van der Waals surface area (Å²) in [6.07, 6.45) is 5.91. The van der Waals surface area contributed by atoms with Crippen molar-refractivity contribution in [1.82, 2.24) is 20.0 Å². The van der Waals surface area contributed by atoms with Gasteiger partial charge >= 0.3 is 0 Å². The van der Waals surface area contributed by atoms with Crippen LogP contribution >= 0.6 is 12.4 Å². The Morgan fingerprint density at radius 3 is 2.85 bits per heavy atom. The summed E-state index contributed by atoms with van der Waals surface area (Å²) in [5, 5.41) is 8.67. The van der Waals surface area contributed by atoms with Gasteiger partial charge in [0.2, 0.25) is 5.91 Å². The van der Waals surface area contributed by atoms with E-state index in [1.54, 1.807) is 10.9 Å². The van der Waals surface area contributed by atoms with Gasteiger partial charge < -0.3 is 14.6 Å². The largest absolute Gasteiger partial charge is 0.464 e. The number of rotatable bonds is 3. The molecule has 0 spiro atoms. The minimum atomic E-state index is 0. The van der Waals surface area contributed by atoms with Crippen molar-refractivity contribution in [1.29, 1.82) is 0 Å². The predicted octanol–water partition coefficient (Wildman–Crippen LogP) is 2.92. The van der Waals surface area contributed by atoms with Crippen LogP contribution in [-0.2, 0) is 18.3 Å². The second-order valence-electron chi connectivity index (χ2n) is 7.12. The molecule has 144 valence electrons. The fraction of sp³-hybridized carbons (Fsp3) is 0.400. The van der Waals surface area contributed by atoms with Gasteiger partial charge in [0.15, 0.2) is 0 Å². The Labute approximate surface area is 164 Å². The molecule has 1 saturated heterocycles. The lowest BCUT2D eigenvalue weighted by Crippen LogP contribution is -2.49. The normalized spacial score (nSPS) is 17.1. The molecular formula is C20H25ClN4O2. The van der Waals surface area contributed by atoms with Crippen LogP contribution in [0.25, 0.3) is 11.0 Å². The molecule has 1 atom stereocenters. The van der Waals surface area contributed by atoms with Gasteiger partial charge in [-0.1, -0.05) is 0 Å². The van der Waals surface area contributed by atoms with E-state index in [-0.39, 0.29) is 24.4 Å². The smallest absolute Gasteiger partial charge is 0.227 e. The van der Waals surface area contributed by atoms with E-state index in [0.29, 0.717) is 13.0 Å². The molecule has 1 aromatic carbocycles. The van der Waals surface area contributed by atoms with Gasteiger partial charge in [0.25, 0.3) is 0 Å². The van der Waals surface area contributed by atoms with E-state index in [4.69, 9.17) is 4.42 Å². The summed E-state index contributed by atoms with van der Waals surface area (Å²) in [6.45, 7) is 6.42. The van der Waals surface area contributed by atoms with Gasteiger partial charge in [0.05, 0.1) is 24.9 Å². The summed E-state index contributed by atoms with van der Waals surface area (Å²) < 4.78 is 7.47. The summed E-state index contributed by atoms with van der Waals surface area (Å²) in [5.41, 5.74) is 5.28. The SMILES string of the molecule is Cc1cc2occ(CC(=O)N3CCNCC3c3cnn(C)c3)c2cc1C.Cl. The van der Waals surface area contributed by atoms with Gasteiger partial charge in [-0.05, 0) is 37.1 Å². The van der Waals surface area contributed by atoms with E-state index in [1.807, 2.05) is 30.4 Å². The van der Waals surface area contributed by atoms with Crippen LogP contribution in [0, 0.1) is 13.8 Å². The van der Waals surface area contributed by atoms with Crippen LogP contribution in [0.4, 0.5) is 0 Å². The van der Waals surface area contributed by atoms with Crippen LogP contribution in [0.2, 0.25) is 0 Å². The van der Waals surface area contributed by atoms with E-state index >= 15 is 0 Å². The van der Waals surface area contributed by atoms with Crippen LogP contribution in [0.3, 0.4) is 0 Å². The first-order chi connectivity index (χ1) is 12.5. The number of carbonyl (C=O) groups excluding carboxylic acids is 1. The number of carbonyl (C=O) groups is 1. The van der Waals surface area contributed by atoms with E-state index in [9.17, 15) is 4.79 Å². The van der Waals surface area contributed by atoms with Crippen LogP contribution in [-0.4, -0.2) is 40.2 Å². The molecule has 0 aliphatic carbocycles. The van der Waals surface area contributed by atoms with Crippen molar-refractivity contribution in [3.63, 3.8) is 0 Å². The lowest BCUT2D eigenvalue weighted by atomic mass is 10.0. The van der Waals surface area contributed by atoms with Crippen LogP contribution in [0.15, 0.2) is 35.2 Å². The summed E-state index contributed by atoms with van der Waals surface area (Å²) in [5.74, 6) is 0.126. The zero-order chi connectivity index (χ0) is 18.3. The van der Waals surface area contributed by atoms with Crippen molar-refractivity contribution < 1.29 is 9.21 Å². The second-order valence-corrected chi connectivity index (χ2v) is 7.12. The standard InChI is InChI=1S/C20H24N4O2.ClH/c1-13-6-17-15(12-26-19(17)7-14(13)2)8-20(25)24-5-4-21-10-18(24)16-9-22-23(3)11-16;/h6-7,9,11-12,18,21H,4-5,8,10H2,1-3H3;1H. The fourth-order valence-electron chi connectivity index (χ4n) is 3.65. The van der Waals surface area contributed by atoms with Gasteiger partial charge in [0.1, 0.15) is 5.58 Å². The number of aromatic nitrogens is 2. The van der Waals surface area contributed by atoms with Crippen molar-refractivity contribution in [3.05, 3.63) is 53.0 Å². The van der Waals surface area contributed by atoms with E-state index < -0.39 is 0 Å². The van der Waals surface area contributed by atoms with Gasteiger partial charge in [-0.25, -0.2) is 0 Å². The van der Waals surface area contributed by atoms with Crippen LogP contribution in [0.5, 0.6) is 0 Å². The summed E-state index contributed by atoms with van der Waals surface area (Å²) in [7, 11) is 1.90. The quantitative estimate of drug-likeness (QED) is 0.749. The number of piperazine rings is 1. The molecule has 1 amide bonds. The second kappa shape index (κ2) is 7.74. The molecule has 1 aliphatic rings. The predicted molar refractivity (Wildman–Crippen MR) is 107 cm³/mol. The minimum absolute atomic E-state index is 0. The monoisotopic (exact) mass is 388 g/mol. The molecule has 1 fully saturated rings. The minimum Gasteiger partial charge on any atom is -0.464 e. The average Bonchev–Trinajstić information content (AvgIpc) is 3.22. The number of aryl methyl sites for hydroxylation is 3. The average molecular weight is 389 g/mol. The molecule has 0 radical (unpaired) electrons. The molecule has 1 N–H and O–H groups in total. The number of nitrogens with zero attached hydrogens (tertiary/aromatic N) is 3. The van der Waals surface area contributed by atoms with Crippen LogP contribution < -0.4 is 5.32 Å². The summed E-state index contributed by atoms with van der Waals surface area (Å²) in [4.78, 5) is 15.0. The Balaban J connectivity index is 0.00000210. The lowest BCUT2D eigenvalue weighted by molar-refractivity contribution is -0.133. The Hall–Kier alpha value is -2.31. The number of amides is 1. The molecular weight excluding hydrogens is 364 g/mol. The zero-order valence-electron chi connectivity index (χ0n) is 15.9. The van der Waals surface area contributed by atoms with E-state index in [2.05, 4.69) is 30.3 Å². The van der Waals surface area contributed by atoms with Crippen LogP contribution in [0.1, 0.15) is 28.3 Å². The first kappa shape index (κ1) is 19.5. The third-order valence-corrected chi connectivity index (χ3v) is 5.29. The van der Waals surface area contributed by atoms with Gasteiger partial charge in [-0.15, -0.1) is 12.4 Å². The maximum atomic E-state index is 13.1. The zero-order valence-corrected chi connectivity index (χ0v) is 16.7. The number of hydrogen-bond acceptors (Lipinski definition) is 4. The maximum Gasteiger partial charge on any atom is 0.227 e. The third-order valence-electron chi connectivity index (χ3n) is 5.29. The highest BCUT2D eigenvalue weighted by molar-refractivity contribution is 5.88. The van der Waals surface area contributed by atoms with E-state index in [0.717, 1.165) is 35.2 Å². The molecule has 27 heavy (non-hydrogen) atoms. The molecule has 7 heteroatoms. The van der Waals surface area contributed by atoms with Crippen molar-refractivity contribution >= 4 is 29.3 Å². The number of benzene rings is 1. The van der Waals surface area contributed by atoms with E-state index in [1.165, 1.54) is 11.1 Å². The number of furan rings is 1. The number of halogens is 1. The Morgan fingerprint density at radius 2 is 2.11 bits per heavy atom. The molecule has 6 nitrogen and oxygen atoms in total. The lowest BCUT2D eigenvalue weighted by Gasteiger charge is -2.35. The molecule has 0 bridgehead atoms. The molecule has 2 aromatic heterocycles. The van der Waals surface area contributed by atoms with Gasteiger partial charge in [-0.2, -0.15) is 5.10 Å². The molecule has 3 heterocycles. The molecule has 3 aromatic rings. The van der Waals surface area contributed by atoms with Crippen molar-refractivity contribution in [3.8, 4) is 0 Å². The molecule has 1 aliphatic heterocycles. The Kier molecular flexibility index (Phi) is 5.58. The van der Waals surface area contributed by atoms with Gasteiger partial charge in [0, 0.05) is 49.4 Å². The number of hydrogen-bond donors (Lipinski definition) is 1. The first-order valence-corrected chi connectivity index (χ1v) is 8.99. The van der Waals surface area contributed by atoms with Crippen molar-refractivity contribution in [2.45, 2.75) is 26.3 Å². The first-order valence-electron chi connectivity index (χ1n) is 8.99. The molecule has 1 unspecified atom stereocenters. The Bertz CT molecular complexity index is 962. The van der Waals surface area contributed by atoms with Crippen molar-refractivity contribution in [2.24, 2.45) is 7.05 Å². The number of nitrogens with one attached hydrogen (secondary N) is 1. The highest BCUT2D eigenvalue weighted by atomic mass is 35.5. The summed E-state index contributed by atoms with van der Waals surface area (Å²) >= 11 is 0. The Morgan fingerprint density at radius 1 is 1.33 bits per heavy atom. The topological polar surface area (TPSA) is 63.3 Å². The van der Waals surface area contributed by atoms with Crippen molar-refractivity contribution in [2.75, 3.05) is 19.6 Å². The summed E-state index contributed by atoms with van der Waals surface area (Å²) in [6, 6.07) is 4.18. The maximum absolute atomic E-state index is 13.1. The third kappa shape index (κ3) is 3.73. The number of fused-ring (bicyclic) bond motifs is 1.